The summed E-state index contributed by atoms with van der Waals surface area (Å²) in [7, 11) is -2.17. The average Bonchev–Trinajstić information content (AvgIpc) is 3.90. The van der Waals surface area contributed by atoms with E-state index in [0.717, 1.165) is 50.3 Å². The van der Waals surface area contributed by atoms with Crippen LogP contribution < -0.4 is 31.7 Å². The summed E-state index contributed by atoms with van der Waals surface area (Å²) in [5.41, 5.74) is 1.19. The first kappa shape index (κ1) is 51.3. The number of aromatic nitrogens is 2. The zero-order valence-corrected chi connectivity index (χ0v) is 43.3. The monoisotopic (exact) mass is 1060 g/mol. The molecule has 10 rings (SSSR count). The number of nitrogens with one attached hydrogen (secondary N) is 5. The summed E-state index contributed by atoms with van der Waals surface area (Å²) in [5.74, 6) is -3.46. The minimum Gasteiger partial charge on any atom is -0.352 e. The molecule has 2 saturated carbocycles. The van der Waals surface area contributed by atoms with E-state index in [0.29, 0.717) is 92.1 Å². The Hall–Kier alpha value is -5.18. The Labute approximate surface area is 433 Å². The lowest BCUT2D eigenvalue weighted by atomic mass is 9.55. The minimum atomic E-state index is -3.83. The molecule has 1 aromatic heterocycles. The lowest BCUT2D eigenvalue weighted by molar-refractivity contribution is -0.136. The zero-order valence-electron chi connectivity index (χ0n) is 41.0. The first-order valence-electron chi connectivity index (χ1n) is 25.5. The number of fused-ring (bicyclic) bond motifs is 4. The second-order valence-corrected chi connectivity index (χ2v) is 23.8. The fourth-order valence-corrected chi connectivity index (χ4v) is 14.3. The predicted octanol–water partition coefficient (Wildman–Crippen LogP) is 4.78. The summed E-state index contributed by atoms with van der Waals surface area (Å²) >= 11 is 12.9. The van der Waals surface area contributed by atoms with Crippen molar-refractivity contribution >= 4 is 79.5 Å². The molecule has 2 spiro atoms. The van der Waals surface area contributed by atoms with E-state index in [9.17, 15) is 37.2 Å². The Morgan fingerprint density at radius 3 is 2.40 bits per heavy atom. The quantitative estimate of drug-likeness (QED) is 0.122. The number of nitrogens with zero attached hydrogens (tertiary/aromatic N) is 4. The molecule has 5 fully saturated rings. The van der Waals surface area contributed by atoms with Gasteiger partial charge in [0.2, 0.25) is 33.7 Å². The summed E-state index contributed by atoms with van der Waals surface area (Å²) in [6.07, 6.45) is 9.42. The zero-order chi connectivity index (χ0) is 51.6. The fraction of sp³-hybridized carbons (Fsp3) is 0.538. The van der Waals surface area contributed by atoms with Gasteiger partial charge in [0.1, 0.15) is 23.3 Å². The highest BCUT2D eigenvalue weighted by atomic mass is 35.5. The number of imidazole rings is 1. The van der Waals surface area contributed by atoms with Crippen molar-refractivity contribution in [2.24, 2.45) is 13.0 Å². The summed E-state index contributed by atoms with van der Waals surface area (Å²) in [5, 5.41) is 12.8. The van der Waals surface area contributed by atoms with Gasteiger partial charge >= 0.3 is 5.69 Å². The van der Waals surface area contributed by atoms with Crippen molar-refractivity contribution in [3.63, 3.8) is 0 Å². The number of amides is 5. The van der Waals surface area contributed by atoms with Crippen LogP contribution in [0.5, 0.6) is 0 Å². The van der Waals surface area contributed by atoms with Gasteiger partial charge in [-0.1, -0.05) is 66.7 Å². The van der Waals surface area contributed by atoms with Crippen molar-refractivity contribution in [1.29, 1.82) is 0 Å². The molecule has 5 heterocycles. The minimum absolute atomic E-state index is 0.0923. The number of piperazine rings is 1. The molecule has 6 aliphatic rings. The molecular formula is C52H62Cl2FN9O8S. The number of hydrogen-bond donors (Lipinski definition) is 5. The van der Waals surface area contributed by atoms with Gasteiger partial charge < -0.3 is 10.6 Å². The van der Waals surface area contributed by atoms with Crippen molar-refractivity contribution in [2.45, 2.75) is 125 Å². The highest BCUT2D eigenvalue weighted by Crippen LogP contribution is 2.63. The van der Waals surface area contributed by atoms with Gasteiger partial charge in [-0.05, 0) is 117 Å². The molecule has 21 heteroatoms. The maximum atomic E-state index is 16.4. The molecule has 4 aromatic rings. The summed E-state index contributed by atoms with van der Waals surface area (Å²) < 4.78 is 46.3. The third-order valence-electron chi connectivity index (χ3n) is 16.8. The van der Waals surface area contributed by atoms with Gasteiger partial charge in [-0.15, -0.1) is 0 Å². The first-order chi connectivity index (χ1) is 34.9. The third-order valence-corrected chi connectivity index (χ3v) is 17.9. The number of anilines is 1. The van der Waals surface area contributed by atoms with Crippen LogP contribution >= 0.6 is 23.2 Å². The van der Waals surface area contributed by atoms with Gasteiger partial charge in [-0.3, -0.25) is 58.3 Å². The van der Waals surface area contributed by atoms with E-state index in [4.69, 9.17) is 23.2 Å². The molecule has 1 unspecified atom stereocenters. The number of aryl methyl sites for hydroxylation is 2. The molecule has 0 radical (unpaired) electrons. The molecule has 73 heavy (non-hydrogen) atoms. The van der Waals surface area contributed by atoms with Gasteiger partial charge in [0, 0.05) is 67.9 Å². The van der Waals surface area contributed by atoms with Crippen LogP contribution in [-0.4, -0.2) is 120 Å². The van der Waals surface area contributed by atoms with Crippen LogP contribution in [0.15, 0.2) is 59.4 Å². The Balaban J connectivity index is 0.795. The first-order valence-corrected chi connectivity index (χ1v) is 28.2. The molecule has 0 bridgehead atoms. The van der Waals surface area contributed by atoms with Gasteiger partial charge in [-0.2, -0.15) is 0 Å². The van der Waals surface area contributed by atoms with E-state index in [-0.39, 0.29) is 58.8 Å². The number of halogens is 3. The molecule has 390 valence electrons. The standard InChI is InChI=1S/C52H62Cl2FN9O8S/c1-61-40-26-30(13-18-38(40)64(50(61)70)39-19-20-42(65)58-46(39)66)8-7-23-62-24-25-63(41(29-62)47(67)60-73(2,71)72)28-31-11-15-33(16-12-31)56-48(68)45-43(34-9-6-10-36(54)44(34)55)52(51(59-45)21-4-3-5-22-51)35-17-14-32(53)27-37(35)57-49(52)69/h6,9-10,13-14,17-18,26-27,31,33,39,41,43,45,59H,3-5,7-8,11-12,15-16,19-25,28-29H2,1-2H3,(H,56,68)(H,57,69)(H,60,67)(H,58,65,66)/t31?,33?,39?,41-,43+,45-,52-/m1/s1. The van der Waals surface area contributed by atoms with E-state index >= 15 is 4.39 Å². The Kier molecular flexibility index (Phi) is 14.2. The van der Waals surface area contributed by atoms with Crippen molar-refractivity contribution in [3.8, 4) is 0 Å². The largest absolute Gasteiger partial charge is 0.352 e. The van der Waals surface area contributed by atoms with Crippen LogP contribution in [0.4, 0.5) is 10.1 Å². The van der Waals surface area contributed by atoms with E-state index in [1.54, 1.807) is 31.3 Å². The average molecular weight is 1060 g/mol. The molecule has 2 aliphatic carbocycles. The van der Waals surface area contributed by atoms with Crippen LogP contribution in [-0.2, 0) is 52.9 Å². The molecular weight excluding hydrogens is 1000 g/mol. The number of rotatable bonds is 12. The topological polar surface area (TPSA) is 213 Å². The predicted molar refractivity (Wildman–Crippen MR) is 274 cm³/mol. The third kappa shape index (κ3) is 9.51. The maximum absolute atomic E-state index is 16.4. The van der Waals surface area contributed by atoms with E-state index in [2.05, 4.69) is 35.8 Å². The van der Waals surface area contributed by atoms with Gasteiger partial charge in [0.15, 0.2) is 0 Å². The van der Waals surface area contributed by atoms with E-state index in [1.165, 1.54) is 15.2 Å². The smallest absolute Gasteiger partial charge is 0.329 e. The number of piperidine rings is 1. The van der Waals surface area contributed by atoms with Gasteiger partial charge in [0.05, 0.1) is 28.4 Å². The number of hydrogen-bond acceptors (Lipinski definition) is 11. The Bertz CT molecular complexity index is 3060. The highest BCUT2D eigenvalue weighted by molar-refractivity contribution is 7.89. The molecule has 3 saturated heterocycles. The van der Waals surface area contributed by atoms with Crippen molar-refractivity contribution in [3.05, 3.63) is 97.6 Å². The number of sulfonamides is 1. The van der Waals surface area contributed by atoms with Crippen molar-refractivity contribution < 1.29 is 36.8 Å². The van der Waals surface area contributed by atoms with Crippen molar-refractivity contribution in [2.75, 3.05) is 44.3 Å². The highest BCUT2D eigenvalue weighted by Gasteiger charge is 2.72. The Morgan fingerprint density at radius 1 is 0.890 bits per heavy atom. The number of carbonyl (C=O) groups excluding carboxylic acids is 5. The van der Waals surface area contributed by atoms with Crippen LogP contribution in [0.25, 0.3) is 11.0 Å². The van der Waals surface area contributed by atoms with E-state index < -0.39 is 62.7 Å². The molecule has 3 aromatic carbocycles. The second-order valence-electron chi connectivity index (χ2n) is 21.2. The maximum Gasteiger partial charge on any atom is 0.329 e. The molecule has 5 amide bonds. The van der Waals surface area contributed by atoms with Crippen LogP contribution in [0.3, 0.4) is 0 Å². The second kappa shape index (κ2) is 20.2. The molecule has 4 aliphatic heterocycles. The lowest BCUT2D eigenvalue weighted by Crippen LogP contribution is -2.60. The molecule has 5 atom stereocenters. The number of benzene rings is 3. The number of carbonyl (C=O) groups is 5. The van der Waals surface area contributed by atoms with Crippen LogP contribution in [0.1, 0.15) is 106 Å². The lowest BCUT2D eigenvalue weighted by Gasteiger charge is -2.47. The van der Waals surface area contributed by atoms with Crippen LogP contribution in [0, 0.1) is 11.7 Å². The Morgan fingerprint density at radius 2 is 1.66 bits per heavy atom. The van der Waals surface area contributed by atoms with Crippen LogP contribution in [0.2, 0.25) is 10.0 Å². The fourth-order valence-electron chi connectivity index (χ4n) is 13.4. The van der Waals surface area contributed by atoms with E-state index in [1.807, 2.05) is 24.3 Å². The number of imide groups is 1. The van der Waals surface area contributed by atoms with Crippen molar-refractivity contribution in [1.82, 2.24) is 39.6 Å². The van der Waals surface area contributed by atoms with Gasteiger partial charge in [-0.25, -0.2) is 17.6 Å². The summed E-state index contributed by atoms with van der Waals surface area (Å²) in [6, 6.07) is 13.1. The molecule has 5 N–H and O–H groups in total. The molecule has 17 nitrogen and oxygen atoms in total. The summed E-state index contributed by atoms with van der Waals surface area (Å²) in [6.45, 7) is 2.75. The van der Waals surface area contributed by atoms with Gasteiger partial charge in [0.25, 0.3) is 5.91 Å². The summed E-state index contributed by atoms with van der Waals surface area (Å²) in [4.78, 5) is 85.3. The SMILES string of the molecule is Cn1c(=O)n(C2CCC(=O)NC2=O)c2ccc(CCCN3CCN(CC4CCC(NC(=O)[C@@H]5NC6(CCCCC6)[C@@]6(C(=O)Nc7cc(Cl)ccc76)[C@H]5c5cccc(Cl)c5F)CC4)[C@@H](C(=O)NS(C)(=O)=O)C3)cc21. The normalized spacial score (nSPS) is 27.5.